The topological polar surface area (TPSA) is 68.8 Å². The maximum absolute atomic E-state index is 12.4. The Kier molecular flexibility index (Phi) is 4.85. The fraction of sp³-hybridized carbons (Fsp3) is 0.400. The van der Waals surface area contributed by atoms with Gasteiger partial charge < -0.3 is 0 Å². The first-order valence-electron chi connectivity index (χ1n) is 9.35. The normalized spacial score (nSPS) is 15.9. The number of rotatable bonds is 4. The summed E-state index contributed by atoms with van der Waals surface area (Å²) in [5.41, 5.74) is 3.12. The Morgan fingerprint density at radius 1 is 1.11 bits per heavy atom. The van der Waals surface area contributed by atoms with Gasteiger partial charge >= 0.3 is 0 Å². The molecule has 3 aromatic heterocycles. The van der Waals surface area contributed by atoms with Crippen LogP contribution >= 0.6 is 0 Å². The van der Waals surface area contributed by atoms with Crippen molar-refractivity contribution in [2.45, 2.75) is 39.3 Å². The van der Waals surface area contributed by atoms with Crippen LogP contribution < -0.4 is 5.56 Å². The van der Waals surface area contributed by atoms with Gasteiger partial charge in [0.05, 0.1) is 11.7 Å². The van der Waals surface area contributed by atoms with Gasteiger partial charge in [-0.3, -0.25) is 14.7 Å². The Balaban J connectivity index is 1.49. The third-order valence-corrected chi connectivity index (χ3v) is 5.07. The molecule has 4 heterocycles. The molecule has 0 amide bonds. The highest BCUT2D eigenvalue weighted by Crippen LogP contribution is 2.22. The summed E-state index contributed by atoms with van der Waals surface area (Å²) in [6.45, 7) is 6.73. The van der Waals surface area contributed by atoms with E-state index in [1.807, 2.05) is 32.2 Å². The second kappa shape index (κ2) is 7.44. The van der Waals surface area contributed by atoms with Crippen LogP contribution in [0.15, 0.2) is 47.5 Å². The predicted molar refractivity (Wildman–Crippen MR) is 103 cm³/mol. The minimum absolute atomic E-state index is 0.0500. The first kappa shape index (κ1) is 17.6. The number of aromatic nitrogens is 5. The molecule has 1 aliphatic heterocycles. The zero-order valence-corrected chi connectivity index (χ0v) is 15.7. The average Bonchev–Trinajstić information content (AvgIpc) is 3.02. The van der Waals surface area contributed by atoms with Crippen molar-refractivity contribution in [2.75, 3.05) is 13.1 Å². The van der Waals surface area contributed by atoms with Crippen LogP contribution in [0.5, 0.6) is 0 Å². The van der Waals surface area contributed by atoms with Crippen LogP contribution in [0.25, 0.3) is 5.82 Å². The number of hydrogen-bond donors (Lipinski definition) is 0. The highest BCUT2D eigenvalue weighted by molar-refractivity contribution is 5.24. The van der Waals surface area contributed by atoms with Gasteiger partial charge in [0.15, 0.2) is 5.82 Å². The molecule has 3 aromatic rings. The Morgan fingerprint density at radius 2 is 1.93 bits per heavy atom. The summed E-state index contributed by atoms with van der Waals surface area (Å²) in [5, 5.41) is 9.11. The summed E-state index contributed by atoms with van der Waals surface area (Å²) in [6, 6.07) is 9.54. The monoisotopic (exact) mass is 364 g/mol. The van der Waals surface area contributed by atoms with Crippen LogP contribution in [0.1, 0.15) is 35.8 Å². The van der Waals surface area contributed by atoms with Gasteiger partial charge in [0.25, 0.3) is 5.56 Å². The van der Waals surface area contributed by atoms with Crippen molar-refractivity contribution < 1.29 is 0 Å². The van der Waals surface area contributed by atoms with E-state index in [0.29, 0.717) is 5.82 Å². The third-order valence-electron chi connectivity index (χ3n) is 5.07. The van der Waals surface area contributed by atoms with E-state index in [0.717, 1.165) is 43.9 Å². The fourth-order valence-corrected chi connectivity index (χ4v) is 3.72. The molecular formula is C20H24N6O. The van der Waals surface area contributed by atoms with Crippen LogP contribution in [-0.4, -0.2) is 42.5 Å². The molecule has 0 aliphatic carbocycles. The van der Waals surface area contributed by atoms with Gasteiger partial charge in [-0.05, 0) is 50.5 Å². The van der Waals surface area contributed by atoms with E-state index < -0.39 is 0 Å². The Morgan fingerprint density at radius 3 is 2.59 bits per heavy atom. The summed E-state index contributed by atoms with van der Waals surface area (Å²) in [7, 11) is 0. The maximum Gasteiger partial charge on any atom is 0.267 e. The molecule has 0 saturated carbocycles. The van der Waals surface area contributed by atoms with Gasteiger partial charge in [-0.15, -0.1) is 5.10 Å². The minimum atomic E-state index is -0.0500. The third kappa shape index (κ3) is 3.83. The summed E-state index contributed by atoms with van der Waals surface area (Å²) in [4.78, 5) is 19.0. The summed E-state index contributed by atoms with van der Waals surface area (Å²) < 4.78 is 3.44. The number of pyridine rings is 1. The fourth-order valence-electron chi connectivity index (χ4n) is 3.72. The largest absolute Gasteiger partial charge is 0.299 e. The molecule has 1 fully saturated rings. The van der Waals surface area contributed by atoms with E-state index in [2.05, 4.69) is 26.1 Å². The summed E-state index contributed by atoms with van der Waals surface area (Å²) in [5.74, 6) is 0.693. The highest BCUT2D eigenvalue weighted by atomic mass is 16.1. The van der Waals surface area contributed by atoms with Crippen molar-refractivity contribution in [3.63, 3.8) is 0 Å². The number of hydrogen-bond acceptors (Lipinski definition) is 5. The van der Waals surface area contributed by atoms with Crippen molar-refractivity contribution in [2.24, 2.45) is 0 Å². The lowest BCUT2D eigenvalue weighted by molar-refractivity contribution is 0.170. The highest BCUT2D eigenvalue weighted by Gasteiger charge is 2.22. The summed E-state index contributed by atoms with van der Waals surface area (Å²) >= 11 is 0. The first-order chi connectivity index (χ1) is 13.1. The van der Waals surface area contributed by atoms with Crippen molar-refractivity contribution in [3.8, 4) is 5.82 Å². The summed E-state index contributed by atoms with van der Waals surface area (Å²) in [6.07, 6.45) is 5.53. The molecule has 0 bridgehead atoms. The number of likely N-dealkylation sites (tertiary alicyclic amines) is 1. The van der Waals surface area contributed by atoms with Crippen LogP contribution in [0.4, 0.5) is 0 Å². The van der Waals surface area contributed by atoms with Gasteiger partial charge in [0.2, 0.25) is 0 Å². The Labute approximate surface area is 158 Å². The standard InChI is InChI=1S/C20H24N6O/c1-15-12-16(2)25(22-15)19-5-6-20(27)26(23-19)18-7-10-24(11-8-18)14-17-4-3-9-21-13-17/h3-6,9,12-13,18H,7-8,10-11,14H2,1-2H3. The zero-order valence-electron chi connectivity index (χ0n) is 15.7. The lowest BCUT2D eigenvalue weighted by Crippen LogP contribution is -2.38. The Bertz CT molecular complexity index is 970. The number of nitrogens with zero attached hydrogens (tertiary/aromatic N) is 6. The van der Waals surface area contributed by atoms with Crippen LogP contribution in [-0.2, 0) is 6.54 Å². The number of aryl methyl sites for hydroxylation is 2. The smallest absolute Gasteiger partial charge is 0.267 e. The van der Waals surface area contributed by atoms with E-state index in [-0.39, 0.29) is 11.6 Å². The molecule has 140 valence electrons. The van der Waals surface area contributed by atoms with Gasteiger partial charge in [0.1, 0.15) is 0 Å². The number of piperidine rings is 1. The molecule has 1 saturated heterocycles. The maximum atomic E-state index is 12.4. The molecule has 0 aromatic carbocycles. The molecule has 4 rings (SSSR count). The van der Waals surface area contributed by atoms with Crippen molar-refractivity contribution in [1.29, 1.82) is 0 Å². The van der Waals surface area contributed by atoms with Gasteiger partial charge in [-0.1, -0.05) is 6.07 Å². The minimum Gasteiger partial charge on any atom is -0.299 e. The van der Waals surface area contributed by atoms with Crippen LogP contribution in [0, 0.1) is 13.8 Å². The van der Waals surface area contributed by atoms with Crippen molar-refractivity contribution in [1.82, 2.24) is 29.4 Å². The first-order valence-corrected chi connectivity index (χ1v) is 9.35. The van der Waals surface area contributed by atoms with Crippen molar-refractivity contribution >= 4 is 0 Å². The van der Waals surface area contributed by atoms with Crippen LogP contribution in [0.3, 0.4) is 0 Å². The molecule has 27 heavy (non-hydrogen) atoms. The van der Waals surface area contributed by atoms with E-state index in [1.165, 1.54) is 5.56 Å². The molecule has 0 radical (unpaired) electrons. The second-order valence-electron chi connectivity index (χ2n) is 7.18. The molecule has 0 N–H and O–H groups in total. The second-order valence-corrected chi connectivity index (χ2v) is 7.18. The molecular weight excluding hydrogens is 340 g/mol. The SMILES string of the molecule is Cc1cc(C)n(-c2ccc(=O)n(C3CCN(Cc4cccnc4)CC3)n2)n1. The predicted octanol–water partition coefficient (Wildman–Crippen LogP) is 2.28. The Hall–Kier alpha value is -2.80. The average molecular weight is 364 g/mol. The van der Waals surface area contributed by atoms with Gasteiger partial charge in [0, 0.05) is 43.8 Å². The molecule has 7 nitrogen and oxygen atoms in total. The molecule has 0 spiro atoms. The van der Waals surface area contributed by atoms with E-state index in [4.69, 9.17) is 0 Å². The lowest BCUT2D eigenvalue weighted by atomic mass is 10.0. The molecule has 0 unspecified atom stereocenters. The zero-order chi connectivity index (χ0) is 18.8. The van der Waals surface area contributed by atoms with E-state index in [9.17, 15) is 4.79 Å². The molecule has 0 atom stereocenters. The quantitative estimate of drug-likeness (QED) is 0.710. The van der Waals surface area contributed by atoms with Crippen LogP contribution in [0.2, 0.25) is 0 Å². The van der Waals surface area contributed by atoms with Crippen molar-refractivity contribution in [3.05, 3.63) is 70.0 Å². The van der Waals surface area contributed by atoms with E-state index >= 15 is 0 Å². The molecule has 7 heteroatoms. The van der Waals surface area contributed by atoms with E-state index in [1.54, 1.807) is 27.7 Å². The lowest BCUT2D eigenvalue weighted by Gasteiger charge is -2.32. The van der Waals surface area contributed by atoms with Gasteiger partial charge in [-0.2, -0.15) is 5.10 Å². The van der Waals surface area contributed by atoms with Gasteiger partial charge in [-0.25, -0.2) is 9.36 Å². The molecule has 1 aliphatic rings.